The molecule has 1 amide bonds. The number of halogens is 2. The van der Waals surface area contributed by atoms with Crippen LogP contribution in [0.3, 0.4) is 0 Å². The van der Waals surface area contributed by atoms with Gasteiger partial charge >= 0.3 is 0 Å². The Labute approximate surface area is 183 Å². The van der Waals surface area contributed by atoms with Crippen LogP contribution in [0.5, 0.6) is 0 Å². The number of nitrogens with one attached hydrogen (secondary N) is 1. The first-order valence-electron chi connectivity index (χ1n) is 9.24. The van der Waals surface area contributed by atoms with E-state index < -0.39 is 15.8 Å². The average molecular weight is 465 g/mol. The number of sulfonamides is 1. The van der Waals surface area contributed by atoms with Crippen LogP contribution in [-0.2, 0) is 14.8 Å². The van der Waals surface area contributed by atoms with E-state index in [0.29, 0.717) is 4.34 Å². The van der Waals surface area contributed by atoms with E-state index in [0.717, 1.165) is 22.5 Å². The molecule has 0 spiro atoms. The third-order valence-electron chi connectivity index (χ3n) is 4.93. The molecule has 1 aliphatic heterocycles. The molecule has 1 atom stereocenters. The van der Waals surface area contributed by atoms with E-state index in [-0.39, 0.29) is 41.2 Å². The molecule has 1 aromatic heterocycles. The molecule has 2 aromatic carbocycles. The van der Waals surface area contributed by atoms with E-state index in [1.54, 1.807) is 12.1 Å². The van der Waals surface area contributed by atoms with E-state index in [4.69, 9.17) is 11.6 Å². The maximum Gasteiger partial charge on any atom is 0.250 e. The minimum absolute atomic E-state index is 0.0871. The molecule has 0 saturated carbocycles. The fourth-order valence-corrected chi connectivity index (χ4v) is 6.07. The summed E-state index contributed by atoms with van der Waals surface area (Å²) in [6.07, 6.45) is 0.146. The monoisotopic (exact) mass is 464 g/mol. The van der Waals surface area contributed by atoms with Crippen molar-refractivity contribution >= 4 is 44.6 Å². The van der Waals surface area contributed by atoms with Crippen LogP contribution in [-0.4, -0.2) is 27.4 Å². The average Bonchev–Trinajstić information content (AvgIpc) is 3.33. The molecular weight excluding hydrogens is 447 g/mol. The van der Waals surface area contributed by atoms with Crippen molar-refractivity contribution in [3.8, 4) is 11.1 Å². The zero-order valence-corrected chi connectivity index (χ0v) is 18.1. The van der Waals surface area contributed by atoms with Crippen LogP contribution in [0.15, 0.2) is 64.9 Å². The highest BCUT2D eigenvalue weighted by Crippen LogP contribution is 2.31. The smallest absolute Gasteiger partial charge is 0.250 e. The number of thiophene rings is 1. The van der Waals surface area contributed by atoms with Gasteiger partial charge in [-0.3, -0.25) is 4.79 Å². The third kappa shape index (κ3) is 4.41. The summed E-state index contributed by atoms with van der Waals surface area (Å²) in [7, 11) is -3.69. The molecule has 0 aliphatic carbocycles. The lowest BCUT2D eigenvalue weighted by Gasteiger charge is -2.18. The van der Waals surface area contributed by atoms with Crippen LogP contribution in [0.4, 0.5) is 10.1 Å². The predicted octanol–water partition coefficient (Wildman–Crippen LogP) is 4.54. The molecule has 0 bridgehead atoms. The minimum Gasteiger partial charge on any atom is -0.309 e. The van der Waals surface area contributed by atoms with Crippen LogP contribution in [0.25, 0.3) is 11.1 Å². The summed E-state index contributed by atoms with van der Waals surface area (Å²) in [5.74, 6) is -0.972. The van der Waals surface area contributed by atoms with Gasteiger partial charge in [0, 0.05) is 19.5 Å². The Morgan fingerprint density at radius 3 is 2.53 bits per heavy atom. The van der Waals surface area contributed by atoms with E-state index in [1.807, 2.05) is 30.3 Å². The molecule has 30 heavy (non-hydrogen) atoms. The molecule has 3 aromatic rings. The van der Waals surface area contributed by atoms with E-state index in [9.17, 15) is 17.6 Å². The number of hydrogen-bond acceptors (Lipinski definition) is 4. The second kappa shape index (κ2) is 8.47. The molecule has 156 valence electrons. The summed E-state index contributed by atoms with van der Waals surface area (Å²) < 4.78 is 42.5. The highest BCUT2D eigenvalue weighted by atomic mass is 35.5. The van der Waals surface area contributed by atoms with Crippen molar-refractivity contribution < 1.29 is 17.6 Å². The number of nitrogens with zero attached hydrogens (tertiary/aromatic N) is 1. The Morgan fingerprint density at radius 1 is 1.10 bits per heavy atom. The maximum absolute atomic E-state index is 14.8. The van der Waals surface area contributed by atoms with E-state index in [2.05, 4.69) is 4.72 Å². The molecule has 1 saturated heterocycles. The first-order valence-corrected chi connectivity index (χ1v) is 11.9. The fourth-order valence-electron chi connectivity index (χ4n) is 3.43. The topological polar surface area (TPSA) is 66.5 Å². The van der Waals surface area contributed by atoms with Crippen molar-refractivity contribution in [1.82, 2.24) is 4.72 Å². The van der Waals surface area contributed by atoms with Gasteiger partial charge in [-0.25, -0.2) is 17.5 Å². The minimum atomic E-state index is -3.69. The van der Waals surface area contributed by atoms with Crippen molar-refractivity contribution in [3.63, 3.8) is 0 Å². The lowest BCUT2D eigenvalue weighted by atomic mass is 10.0. The van der Waals surface area contributed by atoms with Crippen molar-refractivity contribution in [3.05, 3.63) is 70.8 Å². The van der Waals surface area contributed by atoms with Crippen LogP contribution < -0.4 is 9.62 Å². The number of anilines is 1. The lowest BCUT2D eigenvalue weighted by molar-refractivity contribution is -0.117. The largest absolute Gasteiger partial charge is 0.309 e. The van der Waals surface area contributed by atoms with E-state index >= 15 is 0 Å². The van der Waals surface area contributed by atoms with Crippen LogP contribution >= 0.6 is 22.9 Å². The Balaban J connectivity index is 1.45. The van der Waals surface area contributed by atoms with Gasteiger partial charge in [0.15, 0.2) is 0 Å². The Hall–Kier alpha value is -2.26. The molecule has 1 aliphatic rings. The Bertz CT molecular complexity index is 1180. The van der Waals surface area contributed by atoms with Crippen LogP contribution in [0.1, 0.15) is 6.42 Å². The SMILES string of the molecule is O=C1CC(CNS(=O)(=O)c2ccc(Cl)s2)CN1c1ccc(-c2ccccc2)cc1F. The summed E-state index contributed by atoms with van der Waals surface area (Å²) in [5, 5.41) is 0. The van der Waals surface area contributed by atoms with Gasteiger partial charge in [-0.1, -0.05) is 48.0 Å². The number of carbonyl (C=O) groups excluding carboxylic acids is 1. The van der Waals surface area contributed by atoms with Gasteiger partial charge in [-0.05, 0) is 41.3 Å². The first kappa shape index (κ1) is 21.0. The summed E-state index contributed by atoms with van der Waals surface area (Å²) >= 11 is 6.77. The third-order valence-corrected chi connectivity index (χ3v) is 8.07. The second-order valence-corrected chi connectivity index (χ2v) is 10.7. The van der Waals surface area contributed by atoms with Crippen molar-refractivity contribution in [2.75, 3.05) is 18.0 Å². The first-order chi connectivity index (χ1) is 14.3. The van der Waals surface area contributed by atoms with Crippen LogP contribution in [0.2, 0.25) is 4.34 Å². The number of rotatable bonds is 6. The maximum atomic E-state index is 14.8. The number of carbonyl (C=O) groups is 1. The number of amides is 1. The highest BCUT2D eigenvalue weighted by molar-refractivity contribution is 7.91. The molecule has 1 N–H and O–H groups in total. The molecule has 5 nitrogen and oxygen atoms in total. The molecule has 0 radical (unpaired) electrons. The van der Waals surface area contributed by atoms with Crippen molar-refractivity contribution in [2.24, 2.45) is 5.92 Å². The zero-order chi connectivity index (χ0) is 21.3. The quantitative estimate of drug-likeness (QED) is 0.582. The van der Waals surface area contributed by atoms with Gasteiger partial charge in [-0.2, -0.15) is 0 Å². The molecule has 4 rings (SSSR count). The van der Waals surface area contributed by atoms with Crippen LogP contribution in [0, 0.1) is 11.7 Å². The highest BCUT2D eigenvalue weighted by Gasteiger charge is 2.33. The molecule has 1 fully saturated rings. The van der Waals surface area contributed by atoms with Crippen molar-refractivity contribution in [1.29, 1.82) is 0 Å². The lowest BCUT2D eigenvalue weighted by Crippen LogP contribution is -2.31. The normalized spacial score (nSPS) is 16.9. The van der Waals surface area contributed by atoms with Gasteiger partial charge < -0.3 is 4.90 Å². The van der Waals surface area contributed by atoms with Gasteiger partial charge in [0.1, 0.15) is 10.0 Å². The van der Waals surface area contributed by atoms with Crippen molar-refractivity contribution in [2.45, 2.75) is 10.6 Å². The van der Waals surface area contributed by atoms with Gasteiger partial charge in [0.05, 0.1) is 10.0 Å². The molecular formula is C21H18ClFN2O3S2. The van der Waals surface area contributed by atoms with Gasteiger partial charge in [0.2, 0.25) is 15.9 Å². The Kier molecular flexibility index (Phi) is 5.92. The summed E-state index contributed by atoms with van der Waals surface area (Å²) in [6, 6.07) is 17.1. The number of hydrogen-bond donors (Lipinski definition) is 1. The summed E-state index contributed by atoms with van der Waals surface area (Å²) in [4.78, 5) is 13.8. The van der Waals surface area contributed by atoms with Gasteiger partial charge in [-0.15, -0.1) is 11.3 Å². The summed E-state index contributed by atoms with van der Waals surface area (Å²) in [6.45, 7) is 0.331. The second-order valence-electron chi connectivity index (χ2n) is 7.02. The number of benzene rings is 2. The van der Waals surface area contributed by atoms with Gasteiger partial charge in [0.25, 0.3) is 0 Å². The predicted molar refractivity (Wildman–Crippen MR) is 117 cm³/mol. The Morgan fingerprint density at radius 2 is 1.87 bits per heavy atom. The zero-order valence-electron chi connectivity index (χ0n) is 15.7. The summed E-state index contributed by atoms with van der Waals surface area (Å²) in [5.41, 5.74) is 1.81. The standard InChI is InChI=1S/C21H18ClFN2O3S2/c22-19-8-9-21(29-19)30(27,28)24-12-14-10-20(26)25(13-14)18-7-6-16(11-17(18)23)15-4-2-1-3-5-15/h1-9,11,14,24H,10,12-13H2. The molecule has 2 heterocycles. The molecule has 1 unspecified atom stereocenters. The van der Waals surface area contributed by atoms with E-state index in [1.165, 1.54) is 23.1 Å². The fraction of sp³-hybridized carbons (Fsp3) is 0.190. The molecule has 9 heteroatoms.